The van der Waals surface area contributed by atoms with Crippen molar-refractivity contribution in [3.63, 3.8) is 0 Å². The second kappa shape index (κ2) is 10.6. The van der Waals surface area contributed by atoms with Gasteiger partial charge in [0.05, 0.1) is 39.2 Å². The van der Waals surface area contributed by atoms with Crippen LogP contribution in [0.5, 0.6) is 0 Å². The molecule has 2 aromatic rings. The first-order valence-electron chi connectivity index (χ1n) is 7.55. The quantitative estimate of drug-likeness (QED) is 0.0767. The zero-order chi connectivity index (χ0) is 21.4. The first-order valence-corrected chi connectivity index (χ1v) is 11.0. The number of nitrogens with two attached hydrogens (primary N) is 2. The van der Waals surface area contributed by atoms with Crippen LogP contribution in [0.2, 0.25) is 0 Å². The lowest BCUT2D eigenvalue weighted by Gasteiger charge is -2.06. The van der Waals surface area contributed by atoms with Crippen molar-refractivity contribution in [2.24, 2.45) is 10.2 Å². The second-order valence-corrected chi connectivity index (χ2v) is 8.80. The van der Waals surface area contributed by atoms with Crippen LogP contribution in [0.3, 0.4) is 0 Å². The second-order valence-electron chi connectivity index (χ2n) is 5.24. The van der Waals surface area contributed by atoms with E-state index >= 15 is 0 Å². The van der Waals surface area contributed by atoms with E-state index in [9.17, 15) is 17.2 Å². The number of sulfone groups is 1. The molecule has 1 atom stereocenters. The number of hydrogen-bond donors (Lipinski definition) is 4. The van der Waals surface area contributed by atoms with Gasteiger partial charge in [-0.15, -0.1) is 9.45 Å². The maximum Gasteiger partial charge on any atom is 0.197 e. The van der Waals surface area contributed by atoms with Crippen LogP contribution in [-0.2, 0) is 34.5 Å². The fourth-order valence-electron chi connectivity index (χ4n) is 2.00. The normalized spacial score (nSPS) is 13.0. The van der Waals surface area contributed by atoms with Crippen LogP contribution in [0.1, 0.15) is 0 Å². The number of benzene rings is 2. The molecule has 15 heteroatoms. The van der Waals surface area contributed by atoms with Gasteiger partial charge >= 0.3 is 0 Å². The van der Waals surface area contributed by atoms with E-state index in [1.807, 2.05) is 0 Å². The monoisotopic (exact) mass is 464 g/mol. The number of anilines is 2. The molecule has 0 radical (unpaired) electrons. The molecule has 29 heavy (non-hydrogen) atoms. The Balaban J connectivity index is 2.09. The first kappa shape index (κ1) is 23.2. The molecule has 2 aromatic carbocycles. The van der Waals surface area contributed by atoms with Gasteiger partial charge in [0.15, 0.2) is 33.2 Å². The van der Waals surface area contributed by atoms with E-state index in [2.05, 4.69) is 19.6 Å². The third-order valence-corrected chi connectivity index (χ3v) is 6.16. The molecule has 0 bridgehead atoms. The molecule has 1 unspecified atom stereocenters. The Hall–Kier alpha value is -2.11. The molecular formula is C14H16N4O8S3. The van der Waals surface area contributed by atoms with Gasteiger partial charge in [-0.3, -0.25) is 4.18 Å². The van der Waals surface area contributed by atoms with E-state index in [0.717, 1.165) is 0 Å². The Morgan fingerprint density at radius 2 is 1.79 bits per heavy atom. The van der Waals surface area contributed by atoms with Gasteiger partial charge in [-0.25, -0.2) is 17.9 Å². The molecule has 0 saturated heterocycles. The third kappa shape index (κ3) is 6.72. The summed E-state index contributed by atoms with van der Waals surface area (Å²) in [5, 5.41) is 19.0. The zero-order valence-electron chi connectivity index (χ0n) is 14.5. The molecule has 0 aliphatic rings. The summed E-state index contributed by atoms with van der Waals surface area (Å²) >= 11 is -2.03. The lowest BCUT2D eigenvalue weighted by molar-refractivity contribution is -0.434. The Labute approximate surface area is 172 Å². The Bertz CT molecular complexity index is 999. The summed E-state index contributed by atoms with van der Waals surface area (Å²) in [6.45, 7) is -0.206. The maximum atomic E-state index is 12.2. The molecule has 0 saturated carbocycles. The highest BCUT2D eigenvalue weighted by Gasteiger charge is 2.15. The van der Waals surface area contributed by atoms with E-state index in [1.54, 1.807) is 0 Å². The van der Waals surface area contributed by atoms with Crippen molar-refractivity contribution in [1.29, 1.82) is 0 Å². The van der Waals surface area contributed by atoms with Crippen LogP contribution in [-0.4, -0.2) is 34.8 Å². The fourth-order valence-corrected chi connectivity index (χ4v) is 3.88. The van der Waals surface area contributed by atoms with Crippen LogP contribution < -0.4 is 11.5 Å². The summed E-state index contributed by atoms with van der Waals surface area (Å²) in [6, 6.07) is 8.06. The summed E-state index contributed by atoms with van der Waals surface area (Å²) in [5.41, 5.74) is 12.1. The van der Waals surface area contributed by atoms with Crippen LogP contribution >= 0.6 is 12.3 Å². The largest absolute Gasteiger partial charge is 0.398 e. The summed E-state index contributed by atoms with van der Waals surface area (Å²) in [4.78, 5) is -0.0136. The molecule has 0 heterocycles. The number of azo groups is 1. The molecule has 0 aliphatic heterocycles. The number of rotatable bonds is 10. The average Bonchev–Trinajstić information content (AvgIpc) is 2.67. The first-order chi connectivity index (χ1) is 13.7. The van der Waals surface area contributed by atoms with Crippen LogP contribution in [0.25, 0.3) is 0 Å². The molecule has 0 aromatic heterocycles. The topological polar surface area (TPSA) is 196 Å². The number of hydrogen-bond acceptors (Lipinski definition) is 12. The van der Waals surface area contributed by atoms with Gasteiger partial charge in [-0.1, -0.05) is 5.04 Å². The number of nitrogens with zero attached hydrogens (tertiary/aromatic N) is 2. The van der Waals surface area contributed by atoms with Crippen LogP contribution in [0.15, 0.2) is 56.4 Å². The minimum absolute atomic E-state index is 0.0364. The minimum atomic E-state index is -3.62. The smallest absolute Gasteiger partial charge is 0.197 e. The van der Waals surface area contributed by atoms with Gasteiger partial charge in [-0.05, 0) is 36.4 Å². The number of nitrogen functional groups attached to an aromatic ring is 2. The molecule has 12 nitrogen and oxygen atoms in total. The lowest BCUT2D eigenvalue weighted by atomic mass is 10.2. The van der Waals surface area contributed by atoms with Crippen molar-refractivity contribution in [2.45, 2.75) is 9.79 Å². The molecule has 0 amide bonds. The molecule has 6 N–H and O–H groups in total. The van der Waals surface area contributed by atoms with E-state index in [1.165, 1.54) is 36.4 Å². The molecule has 0 spiro atoms. The average molecular weight is 465 g/mol. The van der Waals surface area contributed by atoms with Gasteiger partial charge in [0.25, 0.3) is 0 Å². The molecule has 0 fully saturated rings. The Morgan fingerprint density at radius 3 is 2.41 bits per heavy atom. The van der Waals surface area contributed by atoms with Crippen molar-refractivity contribution in [1.82, 2.24) is 0 Å². The van der Waals surface area contributed by atoms with E-state index < -0.39 is 20.9 Å². The SMILES string of the molecule is Nc1cc(N)c(S(=O)O)cc1/N=N/c1ccc(S(=O)(=O)CCOSOOO)cc1. The van der Waals surface area contributed by atoms with Crippen molar-refractivity contribution in [3.05, 3.63) is 36.4 Å². The van der Waals surface area contributed by atoms with Gasteiger partial charge in [-0.2, -0.15) is 5.11 Å². The molecular weight excluding hydrogens is 448 g/mol. The molecule has 2 rings (SSSR count). The third-order valence-electron chi connectivity index (χ3n) is 3.36. The van der Waals surface area contributed by atoms with Crippen LogP contribution in [0.4, 0.5) is 22.7 Å². The highest BCUT2D eigenvalue weighted by molar-refractivity contribution is 7.91. The van der Waals surface area contributed by atoms with Crippen LogP contribution in [0, 0.1) is 0 Å². The van der Waals surface area contributed by atoms with Crippen molar-refractivity contribution >= 4 is 56.0 Å². The van der Waals surface area contributed by atoms with Crippen molar-refractivity contribution in [3.8, 4) is 0 Å². The Kier molecular flexibility index (Phi) is 8.47. The van der Waals surface area contributed by atoms with Crippen molar-refractivity contribution < 1.29 is 36.0 Å². The van der Waals surface area contributed by atoms with Gasteiger partial charge in [0.1, 0.15) is 5.69 Å². The zero-order valence-corrected chi connectivity index (χ0v) is 16.9. The summed E-state index contributed by atoms with van der Waals surface area (Å²) in [5.74, 6) is -0.335. The maximum absolute atomic E-state index is 12.2. The molecule has 158 valence electrons. The van der Waals surface area contributed by atoms with Gasteiger partial charge in [0, 0.05) is 0 Å². The van der Waals surface area contributed by atoms with E-state index in [4.69, 9.17) is 20.9 Å². The van der Waals surface area contributed by atoms with Gasteiger partial charge < -0.3 is 16.0 Å². The highest BCUT2D eigenvalue weighted by atomic mass is 32.2. The summed E-state index contributed by atoms with van der Waals surface area (Å²) < 4.78 is 53.5. The predicted octanol–water partition coefficient (Wildman–Crippen LogP) is 2.62. The summed E-state index contributed by atoms with van der Waals surface area (Å²) in [6.07, 6.45) is 0. The predicted molar refractivity (Wildman–Crippen MR) is 105 cm³/mol. The van der Waals surface area contributed by atoms with E-state index in [0.29, 0.717) is 5.69 Å². The lowest BCUT2D eigenvalue weighted by Crippen LogP contribution is -2.10. The Morgan fingerprint density at radius 1 is 1.10 bits per heavy atom. The highest BCUT2D eigenvalue weighted by Crippen LogP contribution is 2.31. The minimum Gasteiger partial charge on any atom is -0.398 e. The summed E-state index contributed by atoms with van der Waals surface area (Å²) in [7, 11) is -3.62. The molecule has 0 aliphatic carbocycles. The van der Waals surface area contributed by atoms with Crippen molar-refractivity contribution in [2.75, 3.05) is 23.8 Å². The van der Waals surface area contributed by atoms with E-state index in [-0.39, 0.29) is 51.5 Å². The standard InChI is InChI=1S/C14H16N4O8S3/c15-11-7-12(16)14(28(20)21)8-13(11)18-17-9-1-3-10(4-2-9)29(22,23)6-5-24-27-26-25-19/h1-4,7-8,19H,5-6,15-16H2,(H,20,21)/b18-17+. The fraction of sp³-hybridized carbons (Fsp3) is 0.143. The van der Waals surface area contributed by atoms with Gasteiger partial charge in [0.2, 0.25) is 0 Å².